The zero-order valence-corrected chi connectivity index (χ0v) is 7.86. The van der Waals surface area contributed by atoms with Crippen LogP contribution in [0.3, 0.4) is 0 Å². The van der Waals surface area contributed by atoms with Crippen molar-refractivity contribution in [3.05, 3.63) is 0 Å². The number of hydrogen-bond acceptors (Lipinski definition) is 3. The van der Waals surface area contributed by atoms with Gasteiger partial charge >= 0.3 is 0 Å². The molecule has 1 spiro atoms. The SMILES string of the molecule is O=C1CC2(CCCNC2)NCCN1. The minimum Gasteiger partial charge on any atom is -0.355 e. The molecule has 2 rings (SSSR count). The van der Waals surface area contributed by atoms with Gasteiger partial charge < -0.3 is 16.0 Å². The first kappa shape index (κ1) is 8.97. The van der Waals surface area contributed by atoms with Crippen molar-refractivity contribution in [3.8, 4) is 0 Å². The summed E-state index contributed by atoms with van der Waals surface area (Å²) in [6.07, 6.45) is 2.91. The quantitative estimate of drug-likeness (QED) is 0.462. The van der Waals surface area contributed by atoms with Crippen LogP contribution in [0.1, 0.15) is 19.3 Å². The van der Waals surface area contributed by atoms with Crippen LogP contribution in [0, 0.1) is 0 Å². The van der Waals surface area contributed by atoms with Crippen LogP contribution in [0.25, 0.3) is 0 Å². The molecule has 2 aliphatic heterocycles. The number of amides is 1. The predicted molar refractivity (Wildman–Crippen MR) is 50.5 cm³/mol. The fraction of sp³-hybridized carbons (Fsp3) is 0.889. The van der Waals surface area contributed by atoms with Gasteiger partial charge in [-0.1, -0.05) is 0 Å². The molecule has 74 valence electrons. The van der Waals surface area contributed by atoms with Gasteiger partial charge in [0.05, 0.1) is 0 Å². The van der Waals surface area contributed by atoms with Gasteiger partial charge in [0.15, 0.2) is 0 Å². The van der Waals surface area contributed by atoms with Crippen LogP contribution < -0.4 is 16.0 Å². The highest BCUT2D eigenvalue weighted by molar-refractivity contribution is 5.77. The van der Waals surface area contributed by atoms with Gasteiger partial charge in [0.1, 0.15) is 0 Å². The van der Waals surface area contributed by atoms with Crippen LogP contribution in [0.4, 0.5) is 0 Å². The summed E-state index contributed by atoms with van der Waals surface area (Å²) >= 11 is 0. The summed E-state index contributed by atoms with van der Waals surface area (Å²) in [4.78, 5) is 11.4. The average molecular weight is 183 g/mol. The first-order valence-corrected chi connectivity index (χ1v) is 5.03. The Balaban J connectivity index is 2.04. The molecule has 0 bridgehead atoms. The largest absolute Gasteiger partial charge is 0.355 e. The molecular formula is C9H17N3O. The maximum atomic E-state index is 11.4. The topological polar surface area (TPSA) is 53.2 Å². The maximum Gasteiger partial charge on any atom is 0.221 e. The van der Waals surface area contributed by atoms with Crippen molar-refractivity contribution in [3.63, 3.8) is 0 Å². The molecule has 0 aromatic heterocycles. The van der Waals surface area contributed by atoms with Crippen LogP contribution in [0.2, 0.25) is 0 Å². The Kier molecular flexibility index (Phi) is 2.51. The van der Waals surface area contributed by atoms with Crippen molar-refractivity contribution < 1.29 is 4.79 Å². The van der Waals surface area contributed by atoms with Gasteiger partial charge in [-0.15, -0.1) is 0 Å². The highest BCUT2D eigenvalue weighted by atomic mass is 16.1. The fourth-order valence-electron chi connectivity index (χ4n) is 2.23. The molecule has 4 nitrogen and oxygen atoms in total. The Morgan fingerprint density at radius 1 is 1.23 bits per heavy atom. The molecule has 4 heteroatoms. The number of rotatable bonds is 0. The van der Waals surface area contributed by atoms with Crippen LogP contribution >= 0.6 is 0 Å². The summed E-state index contributed by atoms with van der Waals surface area (Å²) < 4.78 is 0. The van der Waals surface area contributed by atoms with Gasteiger partial charge in [-0.05, 0) is 19.4 Å². The van der Waals surface area contributed by atoms with Crippen molar-refractivity contribution in [1.82, 2.24) is 16.0 Å². The molecule has 13 heavy (non-hydrogen) atoms. The van der Waals surface area contributed by atoms with Crippen LogP contribution in [-0.4, -0.2) is 37.6 Å². The number of carbonyl (C=O) groups is 1. The van der Waals surface area contributed by atoms with Crippen LogP contribution in [0.5, 0.6) is 0 Å². The van der Waals surface area contributed by atoms with Gasteiger partial charge in [-0.2, -0.15) is 0 Å². The molecule has 3 N–H and O–H groups in total. The van der Waals surface area contributed by atoms with E-state index >= 15 is 0 Å². The summed E-state index contributed by atoms with van der Waals surface area (Å²) in [6, 6.07) is 0. The molecule has 0 aliphatic carbocycles. The standard InChI is InChI=1S/C9H17N3O/c13-8-6-9(12-5-4-11-8)2-1-3-10-7-9/h10,12H,1-7H2,(H,11,13). The van der Waals surface area contributed by atoms with E-state index < -0.39 is 0 Å². The van der Waals surface area contributed by atoms with Crippen molar-refractivity contribution >= 4 is 5.91 Å². The van der Waals surface area contributed by atoms with E-state index in [1.54, 1.807) is 0 Å². The van der Waals surface area contributed by atoms with Crippen LogP contribution in [0.15, 0.2) is 0 Å². The molecular weight excluding hydrogens is 166 g/mol. The second-order valence-electron chi connectivity index (χ2n) is 4.01. The van der Waals surface area contributed by atoms with E-state index in [0.717, 1.165) is 32.6 Å². The summed E-state index contributed by atoms with van der Waals surface area (Å²) in [7, 11) is 0. The van der Waals surface area contributed by atoms with Gasteiger partial charge in [0.25, 0.3) is 0 Å². The van der Waals surface area contributed by atoms with Crippen LogP contribution in [-0.2, 0) is 4.79 Å². The Morgan fingerprint density at radius 3 is 2.92 bits per heavy atom. The Labute approximate surface area is 78.5 Å². The Bertz CT molecular complexity index is 199. The van der Waals surface area contributed by atoms with E-state index in [4.69, 9.17) is 0 Å². The van der Waals surface area contributed by atoms with E-state index in [-0.39, 0.29) is 11.4 Å². The second-order valence-corrected chi connectivity index (χ2v) is 4.01. The molecule has 1 amide bonds. The second kappa shape index (κ2) is 3.64. The molecule has 1 unspecified atom stereocenters. The molecule has 2 saturated heterocycles. The first-order valence-electron chi connectivity index (χ1n) is 5.03. The lowest BCUT2D eigenvalue weighted by atomic mass is 9.87. The Morgan fingerprint density at radius 2 is 2.15 bits per heavy atom. The molecule has 0 aromatic carbocycles. The van der Waals surface area contributed by atoms with Crippen molar-refractivity contribution in [2.75, 3.05) is 26.2 Å². The van der Waals surface area contributed by atoms with E-state index in [1.165, 1.54) is 6.42 Å². The highest BCUT2D eigenvalue weighted by Crippen LogP contribution is 2.20. The third-order valence-corrected chi connectivity index (χ3v) is 2.92. The summed E-state index contributed by atoms with van der Waals surface area (Å²) in [5, 5.41) is 9.72. The number of piperidine rings is 1. The lowest BCUT2D eigenvalue weighted by molar-refractivity contribution is -0.122. The molecule has 0 saturated carbocycles. The zero-order valence-electron chi connectivity index (χ0n) is 7.86. The van der Waals surface area contributed by atoms with Crippen molar-refractivity contribution in [2.45, 2.75) is 24.8 Å². The summed E-state index contributed by atoms with van der Waals surface area (Å²) in [6.45, 7) is 3.68. The minimum absolute atomic E-state index is 0.0405. The minimum atomic E-state index is 0.0405. The van der Waals surface area contributed by atoms with E-state index in [9.17, 15) is 4.79 Å². The summed E-state index contributed by atoms with van der Waals surface area (Å²) in [5.41, 5.74) is 0.0405. The van der Waals surface area contributed by atoms with E-state index in [0.29, 0.717) is 6.42 Å². The van der Waals surface area contributed by atoms with Crippen molar-refractivity contribution in [1.29, 1.82) is 0 Å². The average Bonchev–Trinajstić information content (AvgIpc) is 2.29. The molecule has 1 atom stereocenters. The lowest BCUT2D eigenvalue weighted by Crippen LogP contribution is -2.56. The zero-order chi connectivity index (χ0) is 9.15. The molecule has 0 radical (unpaired) electrons. The van der Waals surface area contributed by atoms with Gasteiger partial charge in [0.2, 0.25) is 5.91 Å². The molecule has 0 aromatic rings. The van der Waals surface area contributed by atoms with Gasteiger partial charge in [0, 0.05) is 31.6 Å². The normalized spacial score (nSPS) is 35.5. The van der Waals surface area contributed by atoms with Crippen molar-refractivity contribution in [2.24, 2.45) is 0 Å². The van der Waals surface area contributed by atoms with E-state index in [2.05, 4.69) is 16.0 Å². The fourth-order valence-corrected chi connectivity index (χ4v) is 2.23. The van der Waals surface area contributed by atoms with Gasteiger partial charge in [-0.3, -0.25) is 4.79 Å². The third-order valence-electron chi connectivity index (χ3n) is 2.92. The maximum absolute atomic E-state index is 11.4. The highest BCUT2D eigenvalue weighted by Gasteiger charge is 2.34. The number of nitrogens with one attached hydrogen (secondary N) is 3. The molecule has 2 heterocycles. The van der Waals surface area contributed by atoms with Gasteiger partial charge in [-0.25, -0.2) is 0 Å². The molecule has 2 aliphatic rings. The number of hydrogen-bond donors (Lipinski definition) is 3. The predicted octanol–water partition coefficient (Wildman–Crippen LogP) is -0.782. The first-order chi connectivity index (χ1) is 6.31. The Hall–Kier alpha value is -0.610. The van der Waals surface area contributed by atoms with E-state index in [1.807, 2.05) is 0 Å². The lowest BCUT2D eigenvalue weighted by Gasteiger charge is -2.36. The molecule has 2 fully saturated rings. The smallest absolute Gasteiger partial charge is 0.221 e. The summed E-state index contributed by atoms with van der Waals surface area (Å²) in [5.74, 6) is 0.189. The third kappa shape index (κ3) is 2.00. The number of carbonyl (C=O) groups excluding carboxylic acids is 1. The monoisotopic (exact) mass is 183 g/mol.